The third kappa shape index (κ3) is 2.67. The zero-order valence-electron chi connectivity index (χ0n) is 7.55. The van der Waals surface area contributed by atoms with E-state index in [1.54, 1.807) is 0 Å². The van der Waals surface area contributed by atoms with Crippen molar-refractivity contribution in [3.05, 3.63) is 0 Å². The van der Waals surface area contributed by atoms with Gasteiger partial charge in [-0.25, -0.2) is 0 Å². The first kappa shape index (κ1) is 9.28. The zero-order chi connectivity index (χ0) is 8.81. The van der Waals surface area contributed by atoms with E-state index in [0.29, 0.717) is 0 Å². The summed E-state index contributed by atoms with van der Waals surface area (Å²) >= 11 is 0. The topological polar surface area (TPSA) is 20.3 Å². The van der Waals surface area contributed by atoms with Gasteiger partial charge in [-0.1, -0.05) is 5.92 Å². The van der Waals surface area contributed by atoms with E-state index in [1.165, 1.54) is 0 Å². The van der Waals surface area contributed by atoms with E-state index in [4.69, 9.17) is 0 Å². The van der Waals surface area contributed by atoms with Gasteiger partial charge in [0.25, 0.3) is 0 Å². The van der Waals surface area contributed by atoms with E-state index < -0.39 is 0 Å². The Kier molecular flexibility index (Phi) is 3.83. The molecule has 1 unspecified atom stereocenters. The molecule has 0 aliphatic carbocycles. The van der Waals surface area contributed by atoms with Crippen LogP contribution in [0.4, 0.5) is 0 Å². The van der Waals surface area contributed by atoms with E-state index >= 15 is 0 Å². The van der Waals surface area contributed by atoms with Crippen molar-refractivity contribution in [1.82, 2.24) is 4.90 Å². The van der Waals surface area contributed by atoms with Gasteiger partial charge in [-0.05, 0) is 26.3 Å². The Labute approximate surface area is 73.9 Å². The van der Waals surface area contributed by atoms with E-state index in [1.807, 2.05) is 6.92 Å². The molecule has 0 amide bonds. The molecule has 66 valence electrons. The summed E-state index contributed by atoms with van der Waals surface area (Å²) in [6, 6.07) is 0. The van der Waals surface area contributed by atoms with Gasteiger partial charge in [-0.15, -0.1) is 5.92 Å². The molecule has 0 spiro atoms. The first-order valence-electron chi connectivity index (χ1n) is 4.44. The maximum atomic E-state index is 10.5. The molecule has 1 rings (SSSR count). The van der Waals surface area contributed by atoms with Crippen molar-refractivity contribution in [3.8, 4) is 11.8 Å². The highest BCUT2D eigenvalue weighted by atomic mass is 16.1. The molecule has 12 heavy (non-hydrogen) atoms. The van der Waals surface area contributed by atoms with Crippen molar-refractivity contribution in [2.24, 2.45) is 5.92 Å². The monoisotopic (exact) mass is 165 g/mol. The molecule has 0 aromatic carbocycles. The summed E-state index contributed by atoms with van der Waals surface area (Å²) in [5, 5.41) is 0. The van der Waals surface area contributed by atoms with Crippen molar-refractivity contribution in [2.75, 3.05) is 19.6 Å². The number of aldehydes is 1. The van der Waals surface area contributed by atoms with Gasteiger partial charge in [0.2, 0.25) is 0 Å². The lowest BCUT2D eigenvalue weighted by Crippen LogP contribution is -2.36. The smallest absolute Gasteiger partial charge is 0.124 e. The van der Waals surface area contributed by atoms with Crippen LogP contribution < -0.4 is 0 Å². The molecule has 1 aliphatic rings. The predicted octanol–water partition coefficient (Wildman–Crippen LogP) is 0.921. The van der Waals surface area contributed by atoms with Crippen LogP contribution in [0.25, 0.3) is 0 Å². The van der Waals surface area contributed by atoms with Crippen LogP contribution in [0.3, 0.4) is 0 Å². The number of carbonyl (C=O) groups is 1. The lowest BCUT2D eigenvalue weighted by Gasteiger charge is -2.28. The van der Waals surface area contributed by atoms with Gasteiger partial charge >= 0.3 is 0 Å². The Morgan fingerprint density at radius 3 is 3.17 bits per heavy atom. The molecule has 0 aromatic heterocycles. The second-order valence-corrected chi connectivity index (χ2v) is 3.20. The second-order valence-electron chi connectivity index (χ2n) is 3.20. The Morgan fingerprint density at radius 2 is 2.50 bits per heavy atom. The largest absolute Gasteiger partial charge is 0.303 e. The molecular formula is C10H15NO. The third-order valence-electron chi connectivity index (χ3n) is 2.21. The molecule has 0 N–H and O–H groups in total. The third-order valence-corrected chi connectivity index (χ3v) is 2.21. The number of hydrogen-bond acceptors (Lipinski definition) is 2. The van der Waals surface area contributed by atoms with Crippen molar-refractivity contribution < 1.29 is 4.79 Å². The van der Waals surface area contributed by atoms with Crippen LogP contribution in [0.15, 0.2) is 0 Å². The molecule has 1 aliphatic heterocycles. The maximum Gasteiger partial charge on any atom is 0.124 e. The van der Waals surface area contributed by atoms with Crippen LogP contribution in [0.5, 0.6) is 0 Å². The highest BCUT2D eigenvalue weighted by Gasteiger charge is 2.17. The normalized spacial score (nSPS) is 24.2. The molecule has 0 aromatic rings. The van der Waals surface area contributed by atoms with Crippen LogP contribution in [0.2, 0.25) is 0 Å². The van der Waals surface area contributed by atoms with Gasteiger partial charge in [-0.2, -0.15) is 0 Å². The summed E-state index contributed by atoms with van der Waals surface area (Å²) < 4.78 is 0. The molecular weight excluding hydrogens is 150 g/mol. The highest BCUT2D eigenvalue weighted by molar-refractivity contribution is 5.53. The molecule has 1 heterocycles. The lowest BCUT2D eigenvalue weighted by atomic mass is 10.00. The van der Waals surface area contributed by atoms with Gasteiger partial charge in [0.15, 0.2) is 0 Å². The standard InChI is InChI=1S/C10H15NO/c1-2-3-6-11-7-4-5-10(8-11)9-12/h9-10H,4-8H2,1H3. The summed E-state index contributed by atoms with van der Waals surface area (Å²) in [6.45, 7) is 4.67. The summed E-state index contributed by atoms with van der Waals surface area (Å²) in [7, 11) is 0. The number of nitrogens with zero attached hydrogens (tertiary/aromatic N) is 1. The molecule has 2 heteroatoms. The van der Waals surface area contributed by atoms with Crippen molar-refractivity contribution in [3.63, 3.8) is 0 Å². The summed E-state index contributed by atoms with van der Waals surface area (Å²) in [4.78, 5) is 12.8. The van der Waals surface area contributed by atoms with Crippen LogP contribution in [-0.4, -0.2) is 30.8 Å². The fourth-order valence-corrected chi connectivity index (χ4v) is 1.54. The average molecular weight is 165 g/mol. The first-order chi connectivity index (χ1) is 5.86. The van der Waals surface area contributed by atoms with E-state index in [0.717, 1.165) is 38.8 Å². The molecule has 0 saturated carbocycles. The average Bonchev–Trinajstić information content (AvgIpc) is 2.15. The molecule has 1 atom stereocenters. The van der Waals surface area contributed by atoms with Crippen molar-refractivity contribution in [2.45, 2.75) is 19.8 Å². The summed E-state index contributed by atoms with van der Waals surface area (Å²) in [5.74, 6) is 6.14. The second kappa shape index (κ2) is 4.95. The first-order valence-corrected chi connectivity index (χ1v) is 4.44. The minimum Gasteiger partial charge on any atom is -0.303 e. The summed E-state index contributed by atoms with van der Waals surface area (Å²) in [6.07, 6.45) is 3.26. The van der Waals surface area contributed by atoms with Crippen LogP contribution in [0, 0.1) is 17.8 Å². The molecule has 1 fully saturated rings. The number of likely N-dealkylation sites (tertiary alicyclic amines) is 1. The fraction of sp³-hybridized carbons (Fsp3) is 0.700. The number of piperidine rings is 1. The van der Waals surface area contributed by atoms with Gasteiger partial charge in [0.05, 0.1) is 6.54 Å². The highest BCUT2D eigenvalue weighted by Crippen LogP contribution is 2.13. The van der Waals surface area contributed by atoms with E-state index in [9.17, 15) is 4.79 Å². The zero-order valence-corrected chi connectivity index (χ0v) is 7.55. The number of hydrogen-bond donors (Lipinski definition) is 0. The number of carbonyl (C=O) groups excluding carboxylic acids is 1. The Balaban J connectivity index is 2.33. The Morgan fingerprint density at radius 1 is 1.67 bits per heavy atom. The SMILES string of the molecule is CC#CCN1CCCC(C=O)C1. The summed E-state index contributed by atoms with van der Waals surface area (Å²) in [5.41, 5.74) is 0. The van der Waals surface area contributed by atoms with Gasteiger partial charge in [0, 0.05) is 12.5 Å². The quantitative estimate of drug-likeness (QED) is 0.448. The lowest BCUT2D eigenvalue weighted by molar-refractivity contribution is -0.112. The Bertz CT molecular complexity index is 202. The van der Waals surface area contributed by atoms with Crippen LogP contribution in [-0.2, 0) is 4.79 Å². The fourth-order valence-electron chi connectivity index (χ4n) is 1.54. The molecule has 1 saturated heterocycles. The van der Waals surface area contributed by atoms with Crippen LogP contribution >= 0.6 is 0 Å². The van der Waals surface area contributed by atoms with Crippen molar-refractivity contribution in [1.29, 1.82) is 0 Å². The van der Waals surface area contributed by atoms with Gasteiger partial charge in [0.1, 0.15) is 6.29 Å². The van der Waals surface area contributed by atoms with Crippen molar-refractivity contribution >= 4 is 6.29 Å². The minimum absolute atomic E-state index is 0.248. The molecule has 2 nitrogen and oxygen atoms in total. The van der Waals surface area contributed by atoms with Crippen LogP contribution in [0.1, 0.15) is 19.8 Å². The van der Waals surface area contributed by atoms with E-state index in [-0.39, 0.29) is 5.92 Å². The van der Waals surface area contributed by atoms with E-state index in [2.05, 4.69) is 16.7 Å². The number of rotatable bonds is 2. The maximum absolute atomic E-state index is 10.5. The van der Waals surface area contributed by atoms with Gasteiger partial charge < -0.3 is 4.79 Å². The minimum atomic E-state index is 0.248. The molecule has 0 radical (unpaired) electrons. The Hall–Kier alpha value is -0.810. The predicted molar refractivity (Wildman–Crippen MR) is 48.7 cm³/mol. The van der Waals surface area contributed by atoms with Gasteiger partial charge in [-0.3, -0.25) is 4.90 Å². The molecule has 0 bridgehead atoms.